The zero-order valence-electron chi connectivity index (χ0n) is 10.1. The van der Waals surface area contributed by atoms with Crippen LogP contribution in [-0.2, 0) is 17.8 Å². The van der Waals surface area contributed by atoms with Crippen LogP contribution in [0.2, 0.25) is 0 Å². The fourth-order valence-corrected chi connectivity index (χ4v) is 2.38. The quantitative estimate of drug-likeness (QED) is 0.880. The summed E-state index contributed by atoms with van der Waals surface area (Å²) in [7, 11) is 0. The Morgan fingerprint density at radius 1 is 1.11 bits per heavy atom. The highest BCUT2D eigenvalue weighted by Crippen LogP contribution is 2.11. The first-order valence-corrected chi connectivity index (χ1v) is 6.65. The second kappa shape index (κ2) is 6.15. The van der Waals surface area contributed by atoms with Crippen LogP contribution in [0.25, 0.3) is 0 Å². The SMILES string of the molecule is O=C(O)Cc1ccccc1CNC(=O)c1cccs1. The number of thiophene rings is 1. The van der Waals surface area contributed by atoms with Crippen LogP contribution in [-0.4, -0.2) is 17.0 Å². The minimum absolute atomic E-state index is 0.0367. The van der Waals surface area contributed by atoms with E-state index in [0.717, 1.165) is 11.1 Å². The van der Waals surface area contributed by atoms with E-state index in [9.17, 15) is 9.59 Å². The summed E-state index contributed by atoms with van der Waals surface area (Å²) < 4.78 is 0. The van der Waals surface area contributed by atoms with Crippen LogP contribution in [0.4, 0.5) is 0 Å². The van der Waals surface area contributed by atoms with Gasteiger partial charge in [0.1, 0.15) is 0 Å². The third-order valence-electron chi connectivity index (χ3n) is 2.64. The lowest BCUT2D eigenvalue weighted by molar-refractivity contribution is -0.136. The van der Waals surface area contributed by atoms with Crippen LogP contribution in [0.15, 0.2) is 41.8 Å². The van der Waals surface area contributed by atoms with Crippen molar-refractivity contribution in [3.05, 3.63) is 57.8 Å². The molecule has 0 fully saturated rings. The molecular formula is C14H13NO3S. The van der Waals surface area contributed by atoms with Crippen molar-refractivity contribution in [3.8, 4) is 0 Å². The van der Waals surface area contributed by atoms with Gasteiger partial charge in [-0.1, -0.05) is 30.3 Å². The standard InChI is InChI=1S/C14H13NO3S/c16-13(17)8-10-4-1-2-5-11(10)9-15-14(18)12-6-3-7-19-12/h1-7H,8-9H2,(H,15,18)(H,16,17). The summed E-state index contributed by atoms with van der Waals surface area (Å²) in [5.74, 6) is -1.02. The van der Waals surface area contributed by atoms with Crippen LogP contribution in [0.1, 0.15) is 20.8 Å². The molecule has 0 unspecified atom stereocenters. The van der Waals surface area contributed by atoms with Crippen LogP contribution in [0, 0.1) is 0 Å². The Hall–Kier alpha value is -2.14. The first kappa shape index (κ1) is 13.3. The third kappa shape index (κ3) is 3.66. The Balaban J connectivity index is 2.03. The topological polar surface area (TPSA) is 66.4 Å². The van der Waals surface area contributed by atoms with Gasteiger partial charge in [0.15, 0.2) is 0 Å². The smallest absolute Gasteiger partial charge is 0.307 e. The first-order chi connectivity index (χ1) is 9.16. The number of carboxylic acids is 1. The number of amides is 1. The van der Waals surface area contributed by atoms with Gasteiger partial charge in [-0.05, 0) is 22.6 Å². The number of nitrogens with one attached hydrogen (secondary N) is 1. The average Bonchev–Trinajstić information content (AvgIpc) is 2.90. The van der Waals surface area contributed by atoms with E-state index in [2.05, 4.69) is 5.32 Å². The minimum Gasteiger partial charge on any atom is -0.481 e. The average molecular weight is 275 g/mol. The number of carbonyl (C=O) groups excluding carboxylic acids is 1. The van der Waals surface area contributed by atoms with Crippen molar-refractivity contribution in [2.24, 2.45) is 0 Å². The maximum atomic E-state index is 11.8. The van der Waals surface area contributed by atoms with E-state index in [1.807, 2.05) is 23.6 Å². The fraction of sp³-hybridized carbons (Fsp3) is 0.143. The number of hydrogen-bond donors (Lipinski definition) is 2. The zero-order chi connectivity index (χ0) is 13.7. The molecule has 1 aromatic heterocycles. The van der Waals surface area contributed by atoms with Crippen LogP contribution in [0.3, 0.4) is 0 Å². The van der Waals surface area contributed by atoms with E-state index < -0.39 is 5.97 Å². The van der Waals surface area contributed by atoms with E-state index >= 15 is 0 Å². The molecule has 19 heavy (non-hydrogen) atoms. The Bertz CT molecular complexity index is 578. The largest absolute Gasteiger partial charge is 0.481 e. The summed E-state index contributed by atoms with van der Waals surface area (Å²) in [6.45, 7) is 0.334. The second-order valence-corrected chi connectivity index (χ2v) is 4.95. The van der Waals surface area contributed by atoms with Gasteiger partial charge in [-0.3, -0.25) is 9.59 Å². The molecule has 0 saturated carbocycles. The number of aliphatic carboxylic acids is 1. The third-order valence-corrected chi connectivity index (χ3v) is 3.51. The van der Waals surface area contributed by atoms with Crippen LogP contribution in [0.5, 0.6) is 0 Å². The number of benzene rings is 1. The molecule has 2 N–H and O–H groups in total. The van der Waals surface area contributed by atoms with Gasteiger partial charge in [0, 0.05) is 6.54 Å². The lowest BCUT2D eigenvalue weighted by Gasteiger charge is -2.08. The van der Waals surface area contributed by atoms with Gasteiger partial charge in [0.05, 0.1) is 11.3 Å². The number of rotatable bonds is 5. The molecular weight excluding hydrogens is 262 g/mol. The molecule has 5 heteroatoms. The van der Waals surface area contributed by atoms with E-state index in [1.54, 1.807) is 18.2 Å². The molecule has 2 aromatic rings. The van der Waals surface area contributed by atoms with Gasteiger partial charge in [0.2, 0.25) is 0 Å². The predicted octanol–water partition coefficient (Wildman–Crippen LogP) is 2.31. The van der Waals surface area contributed by atoms with Gasteiger partial charge in [-0.2, -0.15) is 0 Å². The number of carbonyl (C=O) groups is 2. The van der Waals surface area contributed by atoms with Gasteiger partial charge >= 0.3 is 5.97 Å². The highest BCUT2D eigenvalue weighted by molar-refractivity contribution is 7.12. The van der Waals surface area contributed by atoms with Gasteiger partial charge in [-0.15, -0.1) is 11.3 Å². The lowest BCUT2D eigenvalue weighted by atomic mass is 10.0. The molecule has 0 aliphatic carbocycles. The van der Waals surface area contributed by atoms with Gasteiger partial charge in [-0.25, -0.2) is 0 Å². The molecule has 98 valence electrons. The fourth-order valence-electron chi connectivity index (χ4n) is 1.74. The molecule has 1 aromatic carbocycles. The summed E-state index contributed by atoms with van der Waals surface area (Å²) in [5.41, 5.74) is 1.55. The zero-order valence-corrected chi connectivity index (χ0v) is 10.9. The number of carboxylic acid groups (broad SMARTS) is 1. The molecule has 0 saturated heterocycles. The summed E-state index contributed by atoms with van der Waals surface area (Å²) >= 11 is 1.37. The van der Waals surface area contributed by atoms with E-state index in [0.29, 0.717) is 11.4 Å². The number of hydrogen-bond acceptors (Lipinski definition) is 3. The molecule has 1 heterocycles. The molecule has 0 aliphatic rings. The Labute approximate surface area is 114 Å². The molecule has 4 nitrogen and oxygen atoms in total. The van der Waals surface area contributed by atoms with Gasteiger partial charge < -0.3 is 10.4 Å². The Morgan fingerprint density at radius 2 is 1.84 bits per heavy atom. The van der Waals surface area contributed by atoms with Crippen LogP contribution < -0.4 is 5.32 Å². The normalized spacial score (nSPS) is 10.1. The molecule has 0 bridgehead atoms. The molecule has 0 radical (unpaired) electrons. The summed E-state index contributed by atoms with van der Waals surface area (Å²) in [5, 5.41) is 13.5. The second-order valence-electron chi connectivity index (χ2n) is 4.00. The van der Waals surface area contributed by atoms with Gasteiger partial charge in [0.25, 0.3) is 5.91 Å². The monoisotopic (exact) mass is 275 g/mol. The Morgan fingerprint density at radius 3 is 2.47 bits per heavy atom. The van der Waals surface area contributed by atoms with E-state index in [-0.39, 0.29) is 12.3 Å². The summed E-state index contributed by atoms with van der Waals surface area (Å²) in [4.78, 5) is 23.2. The lowest BCUT2D eigenvalue weighted by Crippen LogP contribution is -2.22. The Kier molecular flexibility index (Phi) is 4.30. The van der Waals surface area contributed by atoms with Crippen molar-refractivity contribution in [2.45, 2.75) is 13.0 Å². The predicted molar refractivity (Wildman–Crippen MR) is 73.3 cm³/mol. The van der Waals surface area contributed by atoms with Crippen molar-refractivity contribution >= 4 is 23.2 Å². The van der Waals surface area contributed by atoms with Crippen molar-refractivity contribution in [3.63, 3.8) is 0 Å². The molecule has 0 aliphatic heterocycles. The maximum Gasteiger partial charge on any atom is 0.307 e. The van der Waals surface area contributed by atoms with Crippen LogP contribution >= 0.6 is 11.3 Å². The highest BCUT2D eigenvalue weighted by Gasteiger charge is 2.09. The summed E-state index contributed by atoms with van der Waals surface area (Å²) in [6, 6.07) is 10.8. The molecule has 0 atom stereocenters. The molecule has 0 spiro atoms. The van der Waals surface area contributed by atoms with Crippen molar-refractivity contribution in [1.29, 1.82) is 0 Å². The summed E-state index contributed by atoms with van der Waals surface area (Å²) in [6.07, 6.45) is -0.0367. The molecule has 1 amide bonds. The van der Waals surface area contributed by atoms with E-state index in [1.165, 1.54) is 11.3 Å². The highest BCUT2D eigenvalue weighted by atomic mass is 32.1. The molecule has 2 rings (SSSR count). The maximum absolute atomic E-state index is 11.8. The van der Waals surface area contributed by atoms with Crippen molar-refractivity contribution in [2.75, 3.05) is 0 Å². The minimum atomic E-state index is -0.878. The van der Waals surface area contributed by atoms with E-state index in [4.69, 9.17) is 5.11 Å². The van der Waals surface area contributed by atoms with Crippen molar-refractivity contribution in [1.82, 2.24) is 5.32 Å². The first-order valence-electron chi connectivity index (χ1n) is 5.77. The van der Waals surface area contributed by atoms with Crippen molar-refractivity contribution < 1.29 is 14.7 Å².